The fraction of sp³-hybridized carbons (Fsp3) is 0.306. The van der Waals surface area contributed by atoms with Gasteiger partial charge in [-0.15, -0.1) is 22.7 Å². The van der Waals surface area contributed by atoms with E-state index in [1.54, 1.807) is 22.7 Å². The molecule has 250 valence electrons. The summed E-state index contributed by atoms with van der Waals surface area (Å²) in [6.45, 7) is 2.94. The van der Waals surface area contributed by atoms with Gasteiger partial charge >= 0.3 is 0 Å². The maximum atomic E-state index is 11.6. The second-order valence-corrected chi connectivity index (χ2v) is 14.9. The Morgan fingerprint density at radius 2 is 1.29 bits per heavy atom. The Balaban J connectivity index is 0.000000142. The van der Waals surface area contributed by atoms with Gasteiger partial charge in [0.25, 0.3) is 0 Å². The lowest BCUT2D eigenvalue weighted by Crippen LogP contribution is -2.46. The average molecular weight is 731 g/mol. The van der Waals surface area contributed by atoms with Gasteiger partial charge in [-0.25, -0.2) is 9.97 Å². The van der Waals surface area contributed by atoms with E-state index < -0.39 is 0 Å². The molecule has 3 saturated heterocycles. The van der Waals surface area contributed by atoms with Crippen LogP contribution in [-0.4, -0.2) is 64.2 Å². The zero-order chi connectivity index (χ0) is 33.5. The molecule has 2 bridgehead atoms. The largest absolute Gasteiger partial charge is 0.377 e. The van der Waals surface area contributed by atoms with Gasteiger partial charge < -0.3 is 20.3 Å². The highest BCUT2D eigenvalue weighted by atomic mass is 35.5. The van der Waals surface area contributed by atoms with E-state index in [9.17, 15) is 4.79 Å². The highest BCUT2D eigenvalue weighted by Gasteiger charge is 2.39. The Hall–Kier alpha value is -3.87. The first-order chi connectivity index (χ1) is 23.9. The van der Waals surface area contributed by atoms with Gasteiger partial charge in [0.15, 0.2) is 0 Å². The summed E-state index contributed by atoms with van der Waals surface area (Å²) in [6, 6.07) is 21.4. The maximum absolute atomic E-state index is 11.6. The van der Waals surface area contributed by atoms with Crippen LogP contribution in [0.15, 0.2) is 71.4 Å². The summed E-state index contributed by atoms with van der Waals surface area (Å²) in [5.74, 6) is 1.35. The van der Waals surface area contributed by atoms with E-state index in [4.69, 9.17) is 33.7 Å². The summed E-state index contributed by atoms with van der Waals surface area (Å²) in [6.07, 6.45) is 4.03. The number of carbonyl (C=O) groups excluding carboxylic acids is 1. The standard InChI is InChI=1S/C18H17ClN4OS.C18H16ClN3OS/c19-18-21-16(23-8-4-7-12(9-23)15(20)24)14-13(10-25-17(14)22-18)11-5-2-1-3-6-11;19-18-20-16(22-12-6-7-13(22)9-23-8-12)15-14(10-24-17(15)21-18)11-4-2-1-3-5-11/h1-3,5-6,10,12H,4,7-9H2,(H2,20,24);1-5,10,12-13H,6-9H2. The molecule has 0 aliphatic carbocycles. The van der Waals surface area contributed by atoms with E-state index in [0.717, 1.165) is 88.6 Å². The molecule has 3 fully saturated rings. The first-order valence-corrected chi connectivity index (χ1v) is 18.9. The minimum atomic E-state index is -0.255. The number of nitrogens with two attached hydrogens (primary N) is 1. The number of piperidine rings is 1. The second-order valence-electron chi connectivity index (χ2n) is 12.5. The Morgan fingerprint density at radius 3 is 1.84 bits per heavy atom. The minimum absolute atomic E-state index is 0.156. The van der Waals surface area contributed by atoms with Crippen molar-refractivity contribution >= 4 is 83.9 Å². The molecule has 2 aromatic carbocycles. The van der Waals surface area contributed by atoms with Crippen molar-refractivity contribution in [2.24, 2.45) is 11.7 Å². The zero-order valence-electron chi connectivity index (χ0n) is 26.5. The number of anilines is 2. The quantitative estimate of drug-likeness (QED) is 0.177. The third-order valence-corrected chi connectivity index (χ3v) is 11.6. The number of hydrogen-bond acceptors (Lipinski definition) is 10. The average Bonchev–Trinajstić information content (AvgIpc) is 3.82. The topological polar surface area (TPSA) is 110 Å². The molecule has 0 saturated carbocycles. The van der Waals surface area contributed by atoms with Crippen LogP contribution in [0.5, 0.6) is 0 Å². The van der Waals surface area contributed by atoms with Gasteiger partial charge in [0.1, 0.15) is 21.3 Å². The highest BCUT2D eigenvalue weighted by Crippen LogP contribution is 2.43. The summed E-state index contributed by atoms with van der Waals surface area (Å²) in [7, 11) is 0. The Bertz CT molecular complexity index is 2110. The number of fused-ring (bicyclic) bond motifs is 4. The Kier molecular flexibility index (Phi) is 9.11. The van der Waals surface area contributed by atoms with Crippen LogP contribution in [0.1, 0.15) is 25.7 Å². The number of aromatic nitrogens is 4. The number of carbonyl (C=O) groups is 1. The van der Waals surface area contributed by atoms with E-state index in [0.29, 0.717) is 23.9 Å². The number of ether oxygens (including phenoxy) is 1. The molecule has 2 N–H and O–H groups in total. The van der Waals surface area contributed by atoms with Crippen LogP contribution in [0.2, 0.25) is 10.6 Å². The smallest absolute Gasteiger partial charge is 0.225 e. The SMILES string of the molecule is Clc1nc(N2C3CCC2COC3)c2c(-c3ccccc3)csc2n1.NC(=O)C1CCCN(c2nc(Cl)nc3scc(-c4ccccc4)c23)C1. The molecule has 3 aliphatic heterocycles. The molecule has 3 atom stereocenters. The van der Waals surface area contributed by atoms with Crippen molar-refractivity contribution in [1.29, 1.82) is 0 Å². The summed E-state index contributed by atoms with van der Waals surface area (Å²) in [5.41, 5.74) is 10.1. The van der Waals surface area contributed by atoms with Gasteiger partial charge in [-0.3, -0.25) is 4.79 Å². The van der Waals surface area contributed by atoms with E-state index in [1.807, 2.05) is 24.3 Å². The van der Waals surface area contributed by atoms with Gasteiger partial charge in [-0.2, -0.15) is 9.97 Å². The fourth-order valence-corrected chi connectivity index (χ4v) is 9.56. The van der Waals surface area contributed by atoms with E-state index >= 15 is 0 Å². The summed E-state index contributed by atoms with van der Waals surface area (Å²) >= 11 is 15.6. The van der Waals surface area contributed by atoms with Crippen molar-refractivity contribution in [3.8, 4) is 22.3 Å². The van der Waals surface area contributed by atoms with E-state index in [-0.39, 0.29) is 17.1 Å². The molecule has 7 heterocycles. The molecule has 49 heavy (non-hydrogen) atoms. The predicted molar refractivity (Wildman–Crippen MR) is 200 cm³/mol. The molecule has 13 heteroatoms. The third kappa shape index (κ3) is 6.34. The van der Waals surface area contributed by atoms with Crippen molar-refractivity contribution < 1.29 is 9.53 Å². The second kappa shape index (κ2) is 13.8. The van der Waals surface area contributed by atoms with Crippen molar-refractivity contribution in [1.82, 2.24) is 19.9 Å². The van der Waals surface area contributed by atoms with Crippen LogP contribution >= 0.6 is 45.9 Å². The first-order valence-electron chi connectivity index (χ1n) is 16.3. The monoisotopic (exact) mass is 729 g/mol. The molecule has 3 aliphatic rings. The molecule has 9 rings (SSSR count). The lowest BCUT2D eigenvalue weighted by Gasteiger charge is -2.36. The number of benzene rings is 2. The van der Waals surface area contributed by atoms with Crippen LogP contribution in [0.3, 0.4) is 0 Å². The lowest BCUT2D eigenvalue weighted by molar-refractivity contribution is -0.122. The molecule has 6 aromatic rings. The van der Waals surface area contributed by atoms with Crippen LogP contribution in [0, 0.1) is 5.92 Å². The molecule has 3 unspecified atom stereocenters. The number of primary amides is 1. The number of halogens is 2. The normalized spacial score (nSPS) is 20.4. The van der Waals surface area contributed by atoms with E-state index in [2.05, 4.69) is 76.9 Å². The number of morpholine rings is 1. The van der Waals surface area contributed by atoms with Crippen molar-refractivity contribution in [3.05, 3.63) is 82.0 Å². The zero-order valence-corrected chi connectivity index (χ0v) is 29.6. The van der Waals surface area contributed by atoms with Gasteiger partial charge in [0, 0.05) is 35.0 Å². The number of nitrogens with zero attached hydrogens (tertiary/aromatic N) is 6. The maximum Gasteiger partial charge on any atom is 0.225 e. The number of thiophene rings is 2. The highest BCUT2D eigenvalue weighted by molar-refractivity contribution is 7.17. The molecule has 1 amide bonds. The predicted octanol–water partition coefficient (Wildman–Crippen LogP) is 8.09. The molecule has 9 nitrogen and oxygen atoms in total. The molecule has 4 aromatic heterocycles. The first kappa shape index (κ1) is 32.3. The van der Waals surface area contributed by atoms with Crippen LogP contribution in [-0.2, 0) is 9.53 Å². The molecule has 0 spiro atoms. The fourth-order valence-electron chi connectivity index (χ4n) is 7.25. The summed E-state index contributed by atoms with van der Waals surface area (Å²) < 4.78 is 5.73. The van der Waals surface area contributed by atoms with Gasteiger partial charge in [0.05, 0.1) is 42.0 Å². The van der Waals surface area contributed by atoms with Crippen LogP contribution in [0.4, 0.5) is 11.6 Å². The van der Waals surface area contributed by atoms with Crippen molar-refractivity contribution in [2.45, 2.75) is 37.8 Å². The molecular weight excluding hydrogens is 697 g/mol. The Labute approximate surface area is 301 Å². The molecular formula is C36H33Cl2N7O2S2. The minimum Gasteiger partial charge on any atom is -0.377 e. The lowest BCUT2D eigenvalue weighted by atomic mass is 9.97. The van der Waals surface area contributed by atoms with Gasteiger partial charge in [0.2, 0.25) is 16.5 Å². The number of amides is 1. The molecule has 0 radical (unpaired) electrons. The van der Waals surface area contributed by atoms with Gasteiger partial charge in [-0.1, -0.05) is 60.7 Å². The van der Waals surface area contributed by atoms with Crippen LogP contribution < -0.4 is 15.5 Å². The summed E-state index contributed by atoms with van der Waals surface area (Å²) in [5, 5.41) is 6.91. The van der Waals surface area contributed by atoms with E-state index in [1.165, 1.54) is 11.1 Å². The Morgan fingerprint density at radius 1 is 0.755 bits per heavy atom. The third-order valence-electron chi connectivity index (χ3n) is 9.55. The van der Waals surface area contributed by atoms with Crippen LogP contribution in [0.25, 0.3) is 42.7 Å². The van der Waals surface area contributed by atoms with Crippen molar-refractivity contribution in [3.63, 3.8) is 0 Å². The van der Waals surface area contributed by atoms with Crippen molar-refractivity contribution in [2.75, 3.05) is 36.1 Å². The summed E-state index contributed by atoms with van der Waals surface area (Å²) in [4.78, 5) is 36.0. The number of rotatable bonds is 5. The van der Waals surface area contributed by atoms with Gasteiger partial charge in [-0.05, 0) is 60.0 Å². The number of hydrogen-bond donors (Lipinski definition) is 1.